The summed E-state index contributed by atoms with van der Waals surface area (Å²) in [5.41, 5.74) is 5.12. The number of hydrogen-bond acceptors (Lipinski definition) is 6. The third-order valence-corrected chi connectivity index (χ3v) is 5.53. The van der Waals surface area contributed by atoms with E-state index >= 15 is 0 Å². The second kappa shape index (κ2) is 8.93. The van der Waals surface area contributed by atoms with Gasteiger partial charge < -0.3 is 9.47 Å². The largest absolute Gasteiger partial charge is 0.494 e. The van der Waals surface area contributed by atoms with Crippen molar-refractivity contribution in [3.63, 3.8) is 0 Å². The molecule has 0 aromatic heterocycles. The molecule has 2 amide bonds. The fraction of sp³-hybridized carbons (Fsp3) is 0.263. The lowest BCUT2D eigenvalue weighted by molar-refractivity contribution is -0.145. The fourth-order valence-electron chi connectivity index (χ4n) is 2.50. The molecule has 0 spiro atoms. The van der Waals surface area contributed by atoms with Crippen molar-refractivity contribution in [3.8, 4) is 5.75 Å². The van der Waals surface area contributed by atoms with Crippen LogP contribution in [0.3, 0.4) is 0 Å². The molecule has 154 valence electrons. The van der Waals surface area contributed by atoms with Gasteiger partial charge in [-0.15, -0.1) is 0 Å². The summed E-state index contributed by atoms with van der Waals surface area (Å²) >= 11 is 0. The summed E-state index contributed by atoms with van der Waals surface area (Å²) in [6.07, 6.45) is 0.0833. The molecule has 1 fully saturated rings. The molecule has 0 unspecified atom stereocenters. The first kappa shape index (κ1) is 20.6. The molecule has 1 atom stereocenters. The maximum atomic E-state index is 12.5. The van der Waals surface area contributed by atoms with E-state index in [0.29, 0.717) is 31.1 Å². The van der Waals surface area contributed by atoms with Crippen molar-refractivity contribution >= 4 is 27.5 Å². The molecule has 1 aliphatic heterocycles. The van der Waals surface area contributed by atoms with E-state index in [1.165, 1.54) is 36.4 Å². The number of rotatable bonds is 7. The predicted octanol–water partition coefficient (Wildman–Crippen LogP) is 1.44. The lowest BCUT2D eigenvalue weighted by Crippen LogP contribution is -2.50. The van der Waals surface area contributed by atoms with Crippen molar-refractivity contribution in [2.24, 2.45) is 0 Å². The Kier molecular flexibility index (Phi) is 6.35. The zero-order valence-electron chi connectivity index (χ0n) is 15.7. The Labute approximate surface area is 168 Å². The lowest BCUT2D eigenvalue weighted by atomic mass is 10.2. The molecule has 29 heavy (non-hydrogen) atoms. The second-order valence-corrected chi connectivity index (χ2v) is 7.86. The topological polar surface area (TPSA) is 123 Å². The van der Waals surface area contributed by atoms with Crippen molar-refractivity contribution in [1.29, 1.82) is 0 Å². The monoisotopic (exact) mass is 419 g/mol. The molecule has 3 N–H and O–H groups in total. The fourth-order valence-corrected chi connectivity index (χ4v) is 3.56. The van der Waals surface area contributed by atoms with Crippen LogP contribution in [-0.2, 0) is 19.6 Å². The molecule has 0 bridgehead atoms. The minimum Gasteiger partial charge on any atom is -0.494 e. The summed E-state index contributed by atoms with van der Waals surface area (Å²) in [6.45, 7) is 2.86. The number of anilines is 1. The van der Waals surface area contributed by atoms with E-state index in [0.717, 1.165) is 0 Å². The Morgan fingerprint density at radius 3 is 2.28 bits per heavy atom. The Balaban J connectivity index is 1.58. The summed E-state index contributed by atoms with van der Waals surface area (Å²) < 4.78 is 37.7. The van der Waals surface area contributed by atoms with E-state index in [2.05, 4.69) is 15.6 Å². The molecule has 0 saturated carbocycles. The number of nitrogens with one attached hydrogen (secondary N) is 3. The van der Waals surface area contributed by atoms with E-state index in [4.69, 9.17) is 9.47 Å². The number of ether oxygens (including phenoxy) is 2. The van der Waals surface area contributed by atoms with E-state index in [-0.39, 0.29) is 10.5 Å². The van der Waals surface area contributed by atoms with Gasteiger partial charge in [0.15, 0.2) is 0 Å². The Morgan fingerprint density at radius 2 is 1.72 bits per heavy atom. The highest BCUT2D eigenvalue weighted by molar-refractivity contribution is 7.92. The normalized spacial score (nSPS) is 15.7. The number of hydrazine groups is 1. The number of carbonyl (C=O) groups excluding carboxylic acids is 2. The lowest BCUT2D eigenvalue weighted by Gasteiger charge is -2.24. The van der Waals surface area contributed by atoms with Gasteiger partial charge in [-0.05, 0) is 55.5 Å². The van der Waals surface area contributed by atoms with Crippen LogP contribution in [0.1, 0.15) is 23.7 Å². The van der Waals surface area contributed by atoms with E-state index in [9.17, 15) is 18.0 Å². The highest BCUT2D eigenvalue weighted by atomic mass is 32.2. The summed E-state index contributed by atoms with van der Waals surface area (Å²) in [6, 6.07) is 11.8. The van der Waals surface area contributed by atoms with Crippen molar-refractivity contribution in [3.05, 3.63) is 54.1 Å². The summed E-state index contributed by atoms with van der Waals surface area (Å²) in [5, 5.41) is 0. The molecular weight excluding hydrogens is 398 g/mol. The van der Waals surface area contributed by atoms with Crippen molar-refractivity contribution in [1.82, 2.24) is 10.9 Å². The van der Waals surface area contributed by atoms with E-state index in [1.54, 1.807) is 12.1 Å². The van der Waals surface area contributed by atoms with Crippen LogP contribution in [0, 0.1) is 0 Å². The molecule has 2 aromatic rings. The molecule has 0 aliphatic carbocycles. The third-order valence-electron chi connectivity index (χ3n) is 4.14. The SMILES string of the molecule is CCOc1ccc(S(=O)(=O)Nc2ccc(C(=O)NNC(=O)[C@H]3CCO3)cc2)cc1. The zero-order chi connectivity index (χ0) is 20.9. The van der Waals surface area contributed by atoms with Crippen LogP contribution in [0.25, 0.3) is 0 Å². The first-order valence-corrected chi connectivity index (χ1v) is 10.4. The molecule has 10 heteroatoms. The Morgan fingerprint density at radius 1 is 1.07 bits per heavy atom. The smallest absolute Gasteiger partial charge is 0.269 e. The first-order chi connectivity index (χ1) is 13.9. The standard InChI is InChI=1S/C19H21N3O6S/c1-2-27-15-7-9-16(10-8-15)29(25,26)22-14-5-3-13(4-6-14)18(23)20-21-19(24)17-11-12-28-17/h3-10,17,22H,2,11-12H2,1H3,(H,20,23)(H,21,24)/t17-/m1/s1. The summed E-state index contributed by atoms with van der Waals surface area (Å²) in [4.78, 5) is 23.8. The number of carbonyl (C=O) groups is 2. The van der Waals surface area contributed by atoms with Gasteiger partial charge in [-0.1, -0.05) is 0 Å². The predicted molar refractivity (Wildman–Crippen MR) is 105 cm³/mol. The van der Waals surface area contributed by atoms with Gasteiger partial charge in [0.1, 0.15) is 11.9 Å². The van der Waals surface area contributed by atoms with Crippen LogP contribution in [0.15, 0.2) is 53.4 Å². The molecule has 9 nitrogen and oxygen atoms in total. The van der Waals surface area contributed by atoms with Gasteiger partial charge in [-0.2, -0.15) is 0 Å². The van der Waals surface area contributed by atoms with Gasteiger partial charge in [0, 0.05) is 17.7 Å². The first-order valence-electron chi connectivity index (χ1n) is 8.96. The molecule has 2 aromatic carbocycles. The van der Waals surface area contributed by atoms with Gasteiger partial charge in [0.05, 0.1) is 18.1 Å². The molecular formula is C19H21N3O6S. The maximum Gasteiger partial charge on any atom is 0.269 e. The van der Waals surface area contributed by atoms with Gasteiger partial charge in [-0.3, -0.25) is 25.2 Å². The quantitative estimate of drug-likeness (QED) is 0.584. The molecule has 0 radical (unpaired) electrons. The van der Waals surface area contributed by atoms with Crippen molar-refractivity contribution in [2.45, 2.75) is 24.3 Å². The van der Waals surface area contributed by atoms with Crippen molar-refractivity contribution in [2.75, 3.05) is 17.9 Å². The van der Waals surface area contributed by atoms with Crippen LogP contribution < -0.4 is 20.3 Å². The molecule has 3 rings (SSSR count). The van der Waals surface area contributed by atoms with E-state index < -0.39 is 27.9 Å². The summed E-state index contributed by atoms with van der Waals surface area (Å²) in [7, 11) is -3.78. The minimum absolute atomic E-state index is 0.0868. The summed E-state index contributed by atoms with van der Waals surface area (Å²) in [5.74, 6) is -0.360. The maximum absolute atomic E-state index is 12.5. The highest BCUT2D eigenvalue weighted by Gasteiger charge is 2.26. The number of benzene rings is 2. The van der Waals surface area contributed by atoms with Crippen LogP contribution in [-0.4, -0.2) is 39.5 Å². The average molecular weight is 419 g/mol. The van der Waals surface area contributed by atoms with Crippen molar-refractivity contribution < 1.29 is 27.5 Å². The average Bonchev–Trinajstić information content (AvgIpc) is 2.66. The van der Waals surface area contributed by atoms with Crippen LogP contribution in [0.2, 0.25) is 0 Å². The molecule has 1 heterocycles. The zero-order valence-corrected chi connectivity index (χ0v) is 16.5. The second-order valence-electron chi connectivity index (χ2n) is 6.18. The minimum atomic E-state index is -3.78. The van der Waals surface area contributed by atoms with Gasteiger partial charge in [0.2, 0.25) is 0 Å². The molecule has 1 aliphatic rings. The number of hydrogen-bond donors (Lipinski definition) is 3. The van der Waals surface area contributed by atoms with Crippen LogP contribution >= 0.6 is 0 Å². The van der Waals surface area contributed by atoms with Crippen LogP contribution in [0.5, 0.6) is 5.75 Å². The Hall–Kier alpha value is -3.11. The third kappa shape index (κ3) is 5.24. The Bertz CT molecular complexity index is 970. The van der Waals surface area contributed by atoms with Gasteiger partial charge >= 0.3 is 0 Å². The molecule has 1 saturated heterocycles. The van der Waals surface area contributed by atoms with Crippen LogP contribution in [0.4, 0.5) is 5.69 Å². The van der Waals surface area contributed by atoms with Gasteiger partial charge in [-0.25, -0.2) is 8.42 Å². The van der Waals surface area contributed by atoms with Gasteiger partial charge in [0.25, 0.3) is 21.8 Å². The number of sulfonamides is 1. The highest BCUT2D eigenvalue weighted by Crippen LogP contribution is 2.19. The van der Waals surface area contributed by atoms with E-state index in [1.807, 2.05) is 6.92 Å². The number of amides is 2.